The highest BCUT2D eigenvalue weighted by Crippen LogP contribution is 2.29. The van der Waals surface area contributed by atoms with Crippen LogP contribution in [0.4, 0.5) is 0 Å². The van der Waals surface area contributed by atoms with E-state index < -0.39 is 10.2 Å². The van der Waals surface area contributed by atoms with Gasteiger partial charge in [-0.2, -0.15) is 17.4 Å². The van der Waals surface area contributed by atoms with Crippen molar-refractivity contribution in [3.63, 3.8) is 0 Å². The van der Waals surface area contributed by atoms with Gasteiger partial charge in [0.05, 0.1) is 0 Å². The van der Waals surface area contributed by atoms with Crippen LogP contribution in [0.3, 0.4) is 0 Å². The average molecular weight is 277 g/mol. The average Bonchev–Trinajstić information content (AvgIpc) is 2.28. The van der Waals surface area contributed by atoms with Gasteiger partial charge in [-0.05, 0) is 39.2 Å². The Morgan fingerprint density at radius 3 is 2.44 bits per heavy atom. The minimum atomic E-state index is -3.39. The molecule has 0 aromatic carbocycles. The predicted octanol–water partition coefficient (Wildman–Crippen LogP) is 1.07. The third-order valence-corrected chi connectivity index (χ3v) is 5.46. The molecule has 1 fully saturated rings. The molecule has 0 amide bonds. The van der Waals surface area contributed by atoms with Crippen molar-refractivity contribution in [3.05, 3.63) is 0 Å². The molecule has 1 rings (SSSR count). The first-order valence-corrected chi connectivity index (χ1v) is 8.35. The van der Waals surface area contributed by atoms with E-state index in [2.05, 4.69) is 4.72 Å². The maximum atomic E-state index is 12.3. The SMILES string of the molecule is CCN(C1CCCCC1CN)S(=O)(=O)NC(C)C. The van der Waals surface area contributed by atoms with Crippen molar-refractivity contribution in [1.29, 1.82) is 0 Å². The van der Waals surface area contributed by atoms with Crippen molar-refractivity contribution >= 4 is 10.2 Å². The van der Waals surface area contributed by atoms with E-state index in [0.29, 0.717) is 19.0 Å². The van der Waals surface area contributed by atoms with Crippen LogP contribution in [0.2, 0.25) is 0 Å². The van der Waals surface area contributed by atoms with Crippen molar-refractivity contribution in [2.24, 2.45) is 11.7 Å². The van der Waals surface area contributed by atoms with Gasteiger partial charge in [0.1, 0.15) is 0 Å². The first-order valence-electron chi connectivity index (χ1n) is 6.91. The van der Waals surface area contributed by atoms with E-state index in [0.717, 1.165) is 25.7 Å². The van der Waals surface area contributed by atoms with Gasteiger partial charge in [-0.1, -0.05) is 19.8 Å². The van der Waals surface area contributed by atoms with Gasteiger partial charge in [-0.15, -0.1) is 0 Å². The van der Waals surface area contributed by atoms with E-state index in [4.69, 9.17) is 5.73 Å². The van der Waals surface area contributed by atoms with Gasteiger partial charge in [0, 0.05) is 18.6 Å². The van der Waals surface area contributed by atoms with Crippen LogP contribution in [0, 0.1) is 5.92 Å². The van der Waals surface area contributed by atoms with Crippen LogP contribution in [0.25, 0.3) is 0 Å². The quantitative estimate of drug-likeness (QED) is 0.762. The normalized spacial score (nSPS) is 25.9. The molecule has 0 aromatic heterocycles. The van der Waals surface area contributed by atoms with Gasteiger partial charge in [-0.25, -0.2) is 0 Å². The highest BCUT2D eigenvalue weighted by molar-refractivity contribution is 7.87. The van der Waals surface area contributed by atoms with E-state index in [1.807, 2.05) is 20.8 Å². The standard InChI is InChI=1S/C12H27N3O2S/c1-4-15(18(16,17)14-10(2)3)12-8-6-5-7-11(12)9-13/h10-12,14H,4-9,13H2,1-3H3. The molecule has 1 aliphatic rings. The smallest absolute Gasteiger partial charge is 0.279 e. The first-order chi connectivity index (χ1) is 8.42. The summed E-state index contributed by atoms with van der Waals surface area (Å²) in [4.78, 5) is 0. The van der Waals surface area contributed by atoms with Crippen LogP contribution in [-0.4, -0.2) is 37.9 Å². The maximum Gasteiger partial charge on any atom is 0.279 e. The van der Waals surface area contributed by atoms with E-state index in [1.165, 1.54) is 0 Å². The lowest BCUT2D eigenvalue weighted by atomic mass is 9.84. The van der Waals surface area contributed by atoms with Gasteiger partial charge in [0.15, 0.2) is 0 Å². The molecule has 6 heteroatoms. The zero-order valence-electron chi connectivity index (χ0n) is 11.7. The molecule has 0 spiro atoms. The molecule has 5 nitrogen and oxygen atoms in total. The molecular weight excluding hydrogens is 250 g/mol. The molecule has 0 aromatic rings. The minimum absolute atomic E-state index is 0.0602. The molecule has 2 unspecified atom stereocenters. The molecular formula is C12H27N3O2S. The molecule has 0 heterocycles. The van der Waals surface area contributed by atoms with E-state index in [1.54, 1.807) is 4.31 Å². The number of hydrogen-bond acceptors (Lipinski definition) is 3. The number of rotatable bonds is 6. The molecule has 0 saturated heterocycles. The van der Waals surface area contributed by atoms with Crippen molar-refractivity contribution in [2.45, 2.75) is 58.5 Å². The van der Waals surface area contributed by atoms with Crippen molar-refractivity contribution < 1.29 is 8.42 Å². The number of hydrogen-bond donors (Lipinski definition) is 2. The zero-order valence-corrected chi connectivity index (χ0v) is 12.5. The van der Waals surface area contributed by atoms with Gasteiger partial charge < -0.3 is 5.73 Å². The number of nitrogens with one attached hydrogen (secondary N) is 1. The fourth-order valence-electron chi connectivity index (χ4n) is 2.79. The Morgan fingerprint density at radius 2 is 1.94 bits per heavy atom. The van der Waals surface area contributed by atoms with E-state index >= 15 is 0 Å². The van der Waals surface area contributed by atoms with Gasteiger partial charge >= 0.3 is 0 Å². The lowest BCUT2D eigenvalue weighted by Crippen LogP contribution is -2.52. The van der Waals surface area contributed by atoms with E-state index in [-0.39, 0.29) is 12.1 Å². The van der Waals surface area contributed by atoms with E-state index in [9.17, 15) is 8.42 Å². The van der Waals surface area contributed by atoms with Gasteiger partial charge in [-0.3, -0.25) is 0 Å². The van der Waals surface area contributed by atoms with Crippen LogP contribution in [0.1, 0.15) is 46.5 Å². The second kappa shape index (κ2) is 6.84. The molecule has 108 valence electrons. The summed E-state index contributed by atoms with van der Waals surface area (Å²) in [5, 5.41) is 0. The number of nitrogens with zero attached hydrogens (tertiary/aromatic N) is 1. The van der Waals surface area contributed by atoms with Crippen LogP contribution in [0.15, 0.2) is 0 Å². The number of nitrogens with two attached hydrogens (primary N) is 1. The fraction of sp³-hybridized carbons (Fsp3) is 1.00. The summed E-state index contributed by atoms with van der Waals surface area (Å²) in [6.07, 6.45) is 4.21. The second-order valence-electron chi connectivity index (χ2n) is 5.33. The summed E-state index contributed by atoms with van der Waals surface area (Å²) in [5.41, 5.74) is 5.79. The zero-order chi connectivity index (χ0) is 13.8. The first kappa shape index (κ1) is 15.9. The Kier molecular flexibility index (Phi) is 6.04. The Labute approximate surface area is 111 Å². The largest absolute Gasteiger partial charge is 0.330 e. The molecule has 2 atom stereocenters. The summed E-state index contributed by atoms with van der Waals surface area (Å²) in [5.74, 6) is 0.294. The third-order valence-electron chi connectivity index (χ3n) is 3.55. The molecule has 3 N–H and O–H groups in total. The minimum Gasteiger partial charge on any atom is -0.330 e. The Morgan fingerprint density at radius 1 is 1.33 bits per heavy atom. The van der Waals surface area contributed by atoms with Crippen LogP contribution >= 0.6 is 0 Å². The summed E-state index contributed by atoms with van der Waals surface area (Å²) < 4.78 is 28.9. The molecule has 0 bridgehead atoms. The van der Waals surface area contributed by atoms with Crippen molar-refractivity contribution in [2.75, 3.05) is 13.1 Å². The molecule has 0 radical (unpaired) electrons. The molecule has 18 heavy (non-hydrogen) atoms. The Balaban J connectivity index is 2.87. The monoisotopic (exact) mass is 277 g/mol. The maximum absolute atomic E-state index is 12.3. The molecule has 1 aliphatic carbocycles. The Hall–Kier alpha value is -0.170. The lowest BCUT2D eigenvalue weighted by Gasteiger charge is -2.38. The van der Waals surface area contributed by atoms with Crippen molar-refractivity contribution in [1.82, 2.24) is 9.03 Å². The van der Waals surface area contributed by atoms with Crippen molar-refractivity contribution in [3.8, 4) is 0 Å². The predicted molar refractivity (Wildman–Crippen MR) is 74.4 cm³/mol. The lowest BCUT2D eigenvalue weighted by molar-refractivity contribution is 0.185. The Bertz CT molecular complexity index is 343. The highest BCUT2D eigenvalue weighted by Gasteiger charge is 2.35. The summed E-state index contributed by atoms with van der Waals surface area (Å²) >= 11 is 0. The molecule has 1 saturated carbocycles. The van der Waals surface area contributed by atoms with Crippen LogP contribution in [-0.2, 0) is 10.2 Å². The third kappa shape index (κ3) is 3.91. The van der Waals surface area contributed by atoms with Crippen LogP contribution in [0.5, 0.6) is 0 Å². The fourth-order valence-corrected chi connectivity index (χ4v) is 4.50. The van der Waals surface area contributed by atoms with Gasteiger partial charge in [0.25, 0.3) is 10.2 Å². The summed E-state index contributed by atoms with van der Waals surface area (Å²) in [7, 11) is -3.39. The highest BCUT2D eigenvalue weighted by atomic mass is 32.2. The second-order valence-corrected chi connectivity index (χ2v) is 6.98. The summed E-state index contributed by atoms with van der Waals surface area (Å²) in [6.45, 7) is 6.64. The molecule has 0 aliphatic heterocycles. The summed E-state index contributed by atoms with van der Waals surface area (Å²) in [6, 6.07) is -0.0195. The van der Waals surface area contributed by atoms with Crippen LogP contribution < -0.4 is 10.5 Å². The van der Waals surface area contributed by atoms with Gasteiger partial charge in [0.2, 0.25) is 0 Å². The topological polar surface area (TPSA) is 75.4 Å².